The standard InChI is InChI=1S/C13H22O3/c1-3-12(16,4-2)13(11(14)15)8-9-5-6-10(13)7-9/h9-10,16H,3-8H2,1-2H3,(H,14,15). The molecule has 3 heteroatoms. The van der Waals surface area contributed by atoms with Crippen LogP contribution in [0, 0.1) is 17.3 Å². The van der Waals surface area contributed by atoms with Crippen molar-refractivity contribution in [3.05, 3.63) is 0 Å². The highest BCUT2D eigenvalue weighted by Gasteiger charge is 2.64. The third-order valence-electron chi connectivity index (χ3n) is 5.23. The highest BCUT2D eigenvalue weighted by Crippen LogP contribution is 2.62. The summed E-state index contributed by atoms with van der Waals surface area (Å²) < 4.78 is 0. The predicted molar refractivity (Wildman–Crippen MR) is 61.0 cm³/mol. The van der Waals surface area contributed by atoms with Gasteiger partial charge in [-0.05, 0) is 43.9 Å². The molecule has 2 fully saturated rings. The van der Waals surface area contributed by atoms with Crippen LogP contribution in [0.1, 0.15) is 52.4 Å². The van der Waals surface area contributed by atoms with Crippen LogP contribution in [-0.4, -0.2) is 21.8 Å². The van der Waals surface area contributed by atoms with E-state index in [1.54, 1.807) is 0 Å². The highest BCUT2D eigenvalue weighted by atomic mass is 16.4. The summed E-state index contributed by atoms with van der Waals surface area (Å²) in [5.74, 6) is -0.0449. The quantitative estimate of drug-likeness (QED) is 0.774. The van der Waals surface area contributed by atoms with Gasteiger partial charge in [0.1, 0.15) is 0 Å². The largest absolute Gasteiger partial charge is 0.481 e. The van der Waals surface area contributed by atoms with Crippen molar-refractivity contribution in [2.75, 3.05) is 0 Å². The van der Waals surface area contributed by atoms with E-state index < -0.39 is 17.0 Å². The van der Waals surface area contributed by atoms with Gasteiger partial charge in [-0.3, -0.25) is 4.79 Å². The molecule has 2 aliphatic rings. The Labute approximate surface area is 96.9 Å². The third-order valence-corrected chi connectivity index (χ3v) is 5.23. The Kier molecular flexibility index (Phi) is 2.77. The molecular weight excluding hydrogens is 204 g/mol. The van der Waals surface area contributed by atoms with Gasteiger partial charge in [-0.25, -0.2) is 0 Å². The molecule has 3 unspecified atom stereocenters. The third kappa shape index (κ3) is 1.27. The van der Waals surface area contributed by atoms with Gasteiger partial charge >= 0.3 is 5.97 Å². The van der Waals surface area contributed by atoms with Crippen LogP contribution in [0.25, 0.3) is 0 Å². The molecule has 0 spiro atoms. The maximum Gasteiger partial charge on any atom is 0.312 e. The normalized spacial score (nSPS) is 37.9. The monoisotopic (exact) mass is 226 g/mol. The van der Waals surface area contributed by atoms with Crippen molar-refractivity contribution >= 4 is 5.97 Å². The molecule has 0 heterocycles. The van der Waals surface area contributed by atoms with E-state index in [0.717, 1.165) is 19.3 Å². The second-order valence-electron chi connectivity index (χ2n) is 5.60. The molecule has 2 N–H and O–H groups in total. The smallest absolute Gasteiger partial charge is 0.312 e. The van der Waals surface area contributed by atoms with Crippen LogP contribution < -0.4 is 0 Å². The van der Waals surface area contributed by atoms with Crippen molar-refractivity contribution in [3.8, 4) is 0 Å². The molecule has 0 amide bonds. The SMILES string of the molecule is CCC(O)(CC)C1(C(=O)O)CC2CCC1C2. The average Bonchev–Trinajstić information content (AvgIpc) is 2.88. The molecule has 3 atom stereocenters. The van der Waals surface area contributed by atoms with E-state index in [9.17, 15) is 15.0 Å². The van der Waals surface area contributed by atoms with E-state index in [0.29, 0.717) is 25.2 Å². The molecule has 2 bridgehead atoms. The van der Waals surface area contributed by atoms with Crippen LogP contribution in [0.15, 0.2) is 0 Å². The van der Waals surface area contributed by atoms with Crippen LogP contribution in [0.2, 0.25) is 0 Å². The lowest BCUT2D eigenvalue weighted by atomic mass is 9.60. The first-order valence-corrected chi connectivity index (χ1v) is 6.46. The first-order chi connectivity index (χ1) is 7.50. The molecule has 0 aromatic rings. The predicted octanol–water partition coefficient (Wildman–Crippen LogP) is 2.43. The Bertz CT molecular complexity index is 296. The zero-order valence-corrected chi connectivity index (χ0v) is 10.2. The fourth-order valence-electron chi connectivity index (χ4n) is 4.24. The molecule has 0 aromatic heterocycles. The van der Waals surface area contributed by atoms with Crippen molar-refractivity contribution in [3.63, 3.8) is 0 Å². The van der Waals surface area contributed by atoms with Crippen LogP contribution in [0.5, 0.6) is 0 Å². The lowest BCUT2D eigenvalue weighted by molar-refractivity contribution is -0.180. The zero-order valence-electron chi connectivity index (χ0n) is 10.2. The summed E-state index contributed by atoms with van der Waals surface area (Å²) in [6, 6.07) is 0. The van der Waals surface area contributed by atoms with Crippen LogP contribution in [0.3, 0.4) is 0 Å². The Morgan fingerprint density at radius 2 is 2.00 bits per heavy atom. The topological polar surface area (TPSA) is 57.5 Å². The summed E-state index contributed by atoms with van der Waals surface area (Å²) in [5.41, 5.74) is -1.88. The number of hydrogen-bond acceptors (Lipinski definition) is 2. The lowest BCUT2D eigenvalue weighted by Crippen LogP contribution is -2.55. The van der Waals surface area contributed by atoms with E-state index >= 15 is 0 Å². The van der Waals surface area contributed by atoms with Gasteiger partial charge in [-0.2, -0.15) is 0 Å². The fraction of sp³-hybridized carbons (Fsp3) is 0.923. The van der Waals surface area contributed by atoms with Crippen molar-refractivity contribution < 1.29 is 15.0 Å². The minimum absolute atomic E-state index is 0.194. The Hall–Kier alpha value is -0.570. The minimum Gasteiger partial charge on any atom is -0.481 e. The molecule has 0 aromatic carbocycles. The second-order valence-corrected chi connectivity index (χ2v) is 5.60. The fourth-order valence-corrected chi connectivity index (χ4v) is 4.24. The van der Waals surface area contributed by atoms with Gasteiger partial charge in [0.2, 0.25) is 0 Å². The Balaban J connectivity index is 2.41. The summed E-state index contributed by atoms with van der Waals surface area (Å²) in [4.78, 5) is 11.7. The van der Waals surface area contributed by atoms with Crippen molar-refractivity contribution in [2.24, 2.45) is 17.3 Å². The number of carboxylic acids is 1. The summed E-state index contributed by atoms with van der Waals surface area (Å²) in [7, 11) is 0. The summed E-state index contributed by atoms with van der Waals surface area (Å²) in [5, 5.41) is 20.3. The van der Waals surface area contributed by atoms with E-state index in [1.165, 1.54) is 0 Å². The molecule has 16 heavy (non-hydrogen) atoms. The van der Waals surface area contributed by atoms with E-state index in [-0.39, 0.29) is 5.92 Å². The minimum atomic E-state index is -1.02. The zero-order chi connectivity index (χ0) is 12.0. The van der Waals surface area contributed by atoms with Gasteiger partial charge in [-0.15, -0.1) is 0 Å². The van der Waals surface area contributed by atoms with Gasteiger partial charge in [0.25, 0.3) is 0 Å². The number of hydrogen-bond donors (Lipinski definition) is 2. The molecule has 0 saturated heterocycles. The number of aliphatic carboxylic acids is 1. The maximum absolute atomic E-state index is 11.7. The van der Waals surface area contributed by atoms with Crippen LogP contribution in [-0.2, 0) is 4.79 Å². The number of aliphatic hydroxyl groups is 1. The number of rotatable bonds is 4. The average molecular weight is 226 g/mol. The molecule has 0 radical (unpaired) electrons. The van der Waals surface area contributed by atoms with Gasteiger partial charge in [0.15, 0.2) is 0 Å². The molecule has 2 aliphatic carbocycles. The number of carboxylic acid groups (broad SMARTS) is 1. The van der Waals surface area contributed by atoms with Gasteiger partial charge in [0.05, 0.1) is 11.0 Å². The van der Waals surface area contributed by atoms with E-state index in [1.807, 2.05) is 13.8 Å². The molecule has 2 saturated carbocycles. The Morgan fingerprint density at radius 1 is 1.38 bits per heavy atom. The van der Waals surface area contributed by atoms with E-state index in [2.05, 4.69) is 0 Å². The number of carbonyl (C=O) groups is 1. The summed E-state index contributed by atoms with van der Waals surface area (Å²) in [6.45, 7) is 3.81. The first kappa shape index (κ1) is 11.9. The maximum atomic E-state index is 11.7. The van der Waals surface area contributed by atoms with Gasteiger partial charge < -0.3 is 10.2 Å². The van der Waals surface area contributed by atoms with Crippen LogP contribution >= 0.6 is 0 Å². The first-order valence-electron chi connectivity index (χ1n) is 6.46. The summed E-state index contributed by atoms with van der Waals surface area (Å²) >= 11 is 0. The molecule has 0 aliphatic heterocycles. The molecule has 3 nitrogen and oxygen atoms in total. The van der Waals surface area contributed by atoms with Gasteiger partial charge in [-0.1, -0.05) is 20.3 Å². The molecule has 92 valence electrons. The van der Waals surface area contributed by atoms with Gasteiger partial charge in [0, 0.05) is 0 Å². The van der Waals surface area contributed by atoms with Crippen molar-refractivity contribution in [2.45, 2.75) is 58.0 Å². The Morgan fingerprint density at radius 3 is 2.31 bits per heavy atom. The summed E-state index contributed by atoms with van der Waals surface area (Å²) in [6.07, 6.45) is 4.92. The van der Waals surface area contributed by atoms with Crippen molar-refractivity contribution in [1.29, 1.82) is 0 Å². The van der Waals surface area contributed by atoms with Crippen molar-refractivity contribution in [1.82, 2.24) is 0 Å². The molecular formula is C13H22O3. The number of fused-ring (bicyclic) bond motifs is 2. The lowest BCUT2D eigenvalue weighted by Gasteiger charge is -2.46. The highest BCUT2D eigenvalue weighted by molar-refractivity contribution is 5.77. The van der Waals surface area contributed by atoms with Crippen LogP contribution in [0.4, 0.5) is 0 Å². The second kappa shape index (κ2) is 3.73. The molecule has 2 rings (SSSR count). The van der Waals surface area contributed by atoms with E-state index in [4.69, 9.17) is 0 Å².